The van der Waals surface area contributed by atoms with Gasteiger partial charge < -0.3 is 19.7 Å². The van der Waals surface area contributed by atoms with Crippen LogP contribution in [0.2, 0.25) is 0 Å². The average molecular weight is 576 g/mol. The number of benzene rings is 2. The number of carbonyl (C=O) groups is 1. The van der Waals surface area contributed by atoms with Gasteiger partial charge in [-0.25, -0.2) is 12.8 Å². The maximum Gasteiger partial charge on any atom is 0.246 e. The number of hydrogen-bond donors (Lipinski definition) is 1. The Morgan fingerprint density at radius 1 is 1.07 bits per heavy atom. The molecule has 0 aromatic heterocycles. The molecule has 1 heterocycles. The minimum absolute atomic E-state index is 0.0878. The molecule has 2 fully saturated rings. The number of hydrogen-bond acceptors (Lipinski definition) is 6. The van der Waals surface area contributed by atoms with Crippen LogP contribution >= 0.6 is 0 Å². The highest BCUT2D eigenvalue weighted by Crippen LogP contribution is 2.37. The fourth-order valence-electron chi connectivity index (χ4n) is 6.31. The van der Waals surface area contributed by atoms with Crippen LogP contribution in [0, 0.1) is 25.6 Å². The van der Waals surface area contributed by atoms with E-state index in [0.29, 0.717) is 40.7 Å². The molecule has 2 aromatic carbocycles. The van der Waals surface area contributed by atoms with Crippen LogP contribution in [-0.4, -0.2) is 76.6 Å². The van der Waals surface area contributed by atoms with E-state index in [-0.39, 0.29) is 43.1 Å². The quantitative estimate of drug-likeness (QED) is 0.457. The van der Waals surface area contributed by atoms with Crippen molar-refractivity contribution in [2.45, 2.75) is 69.0 Å². The first kappa shape index (κ1) is 30.4. The van der Waals surface area contributed by atoms with Crippen molar-refractivity contribution in [2.24, 2.45) is 5.92 Å². The molecule has 2 aromatic rings. The number of nitrogens with zero attached hydrogens (tertiary/aromatic N) is 2. The highest BCUT2D eigenvalue weighted by molar-refractivity contribution is 7.89. The van der Waals surface area contributed by atoms with Gasteiger partial charge in [0.25, 0.3) is 0 Å². The number of rotatable bonds is 10. The van der Waals surface area contributed by atoms with Crippen molar-refractivity contribution >= 4 is 15.9 Å². The number of aryl methyl sites for hydroxylation is 2. The van der Waals surface area contributed by atoms with Crippen molar-refractivity contribution in [1.82, 2.24) is 14.5 Å². The van der Waals surface area contributed by atoms with Crippen LogP contribution in [-0.2, 0) is 19.6 Å². The normalized spacial score (nSPS) is 22.8. The molecule has 1 amide bonds. The van der Waals surface area contributed by atoms with E-state index in [1.807, 2.05) is 26.2 Å². The lowest BCUT2D eigenvalue weighted by molar-refractivity contribution is -0.128. The third kappa shape index (κ3) is 7.02. The van der Waals surface area contributed by atoms with E-state index >= 15 is 0 Å². The van der Waals surface area contributed by atoms with Crippen LogP contribution in [0.1, 0.15) is 54.8 Å². The van der Waals surface area contributed by atoms with E-state index in [9.17, 15) is 17.6 Å². The summed E-state index contributed by atoms with van der Waals surface area (Å²) in [6, 6.07) is 10.5. The van der Waals surface area contributed by atoms with Gasteiger partial charge in [-0.3, -0.25) is 4.79 Å². The maximum absolute atomic E-state index is 13.4. The first-order valence-electron chi connectivity index (χ1n) is 14.0. The monoisotopic (exact) mass is 575 g/mol. The molecule has 2 atom stereocenters. The van der Waals surface area contributed by atoms with E-state index in [2.05, 4.69) is 10.2 Å². The second kappa shape index (κ2) is 13.0. The number of amides is 1. The fraction of sp³-hybridized carbons (Fsp3) is 0.567. The fourth-order valence-corrected chi connectivity index (χ4v) is 8.21. The molecule has 1 N–H and O–H groups in total. The van der Waals surface area contributed by atoms with E-state index in [0.717, 1.165) is 31.2 Å². The van der Waals surface area contributed by atoms with Gasteiger partial charge in [-0.2, -0.15) is 4.31 Å². The van der Waals surface area contributed by atoms with Crippen LogP contribution in [0.25, 0.3) is 0 Å². The third-order valence-electron chi connectivity index (χ3n) is 8.18. The molecule has 1 aliphatic carbocycles. The Labute approximate surface area is 237 Å². The number of halogens is 1. The topological polar surface area (TPSA) is 88.2 Å². The van der Waals surface area contributed by atoms with Crippen LogP contribution in [0.15, 0.2) is 41.3 Å². The Morgan fingerprint density at radius 3 is 2.27 bits per heavy atom. The summed E-state index contributed by atoms with van der Waals surface area (Å²) < 4.78 is 52.7. The molecule has 220 valence electrons. The summed E-state index contributed by atoms with van der Waals surface area (Å²) in [5.74, 6) is 0.647. The van der Waals surface area contributed by atoms with Crippen LogP contribution in [0.3, 0.4) is 0 Å². The summed E-state index contributed by atoms with van der Waals surface area (Å²) >= 11 is 0. The average Bonchev–Trinajstić information content (AvgIpc) is 3.39. The Morgan fingerprint density at radius 2 is 1.70 bits per heavy atom. The van der Waals surface area contributed by atoms with Crippen LogP contribution < -0.4 is 10.1 Å². The van der Waals surface area contributed by atoms with Gasteiger partial charge in [0.1, 0.15) is 18.2 Å². The summed E-state index contributed by atoms with van der Waals surface area (Å²) in [7, 11) is 1.97. The Bertz CT molecular complexity index is 1250. The molecule has 2 aliphatic rings. The molecule has 0 bridgehead atoms. The van der Waals surface area contributed by atoms with Gasteiger partial charge in [-0.1, -0.05) is 12.1 Å². The van der Waals surface area contributed by atoms with Gasteiger partial charge >= 0.3 is 0 Å². The number of methoxy groups -OCH3 is 1. The lowest BCUT2D eigenvalue weighted by atomic mass is 9.78. The zero-order valence-corrected chi connectivity index (χ0v) is 25.0. The largest absolute Gasteiger partial charge is 0.497 e. The molecule has 40 heavy (non-hydrogen) atoms. The summed E-state index contributed by atoms with van der Waals surface area (Å²) in [4.78, 5) is 15.2. The molecule has 1 aliphatic heterocycles. The number of sulfonamides is 1. The molecular weight excluding hydrogens is 533 g/mol. The molecule has 0 radical (unpaired) electrons. The second-order valence-electron chi connectivity index (χ2n) is 11.3. The molecule has 10 heteroatoms. The van der Waals surface area contributed by atoms with Crippen molar-refractivity contribution in [2.75, 3.05) is 40.9 Å². The number of ether oxygens (including phenoxy) is 2. The van der Waals surface area contributed by atoms with Gasteiger partial charge in [0.2, 0.25) is 15.9 Å². The maximum atomic E-state index is 13.4. The van der Waals surface area contributed by atoms with Gasteiger partial charge in [-0.05, 0) is 107 Å². The Balaban J connectivity index is 1.24. The zero-order chi connectivity index (χ0) is 29.0. The zero-order valence-electron chi connectivity index (χ0n) is 24.2. The van der Waals surface area contributed by atoms with E-state index in [1.165, 1.54) is 16.4 Å². The lowest BCUT2D eigenvalue weighted by Gasteiger charge is -2.37. The summed E-state index contributed by atoms with van der Waals surface area (Å²) in [5.41, 5.74) is 2.40. The molecule has 1 saturated carbocycles. The summed E-state index contributed by atoms with van der Waals surface area (Å²) in [6.07, 6.45) is 3.89. The minimum Gasteiger partial charge on any atom is -0.497 e. The molecule has 0 spiro atoms. The van der Waals surface area contributed by atoms with Crippen molar-refractivity contribution in [3.05, 3.63) is 58.9 Å². The van der Waals surface area contributed by atoms with E-state index in [4.69, 9.17) is 9.47 Å². The minimum atomic E-state index is -3.68. The summed E-state index contributed by atoms with van der Waals surface area (Å²) in [5, 5.41) is 3.10. The second-order valence-corrected chi connectivity index (χ2v) is 13.2. The van der Waals surface area contributed by atoms with Gasteiger partial charge in [-0.15, -0.1) is 0 Å². The van der Waals surface area contributed by atoms with Crippen molar-refractivity contribution in [3.63, 3.8) is 0 Å². The predicted molar refractivity (Wildman–Crippen MR) is 152 cm³/mol. The molecular formula is C30H42FN3O5S. The molecule has 1 saturated heterocycles. The Hall–Kier alpha value is -2.53. The molecule has 8 nitrogen and oxygen atoms in total. The number of nitrogens with one attached hydrogen (secondary N) is 1. The lowest BCUT2D eigenvalue weighted by Crippen LogP contribution is -2.42. The first-order valence-corrected chi connectivity index (χ1v) is 15.4. The van der Waals surface area contributed by atoms with Crippen molar-refractivity contribution < 1.29 is 27.1 Å². The van der Waals surface area contributed by atoms with Gasteiger partial charge in [0.15, 0.2) is 0 Å². The highest BCUT2D eigenvalue weighted by Gasteiger charge is 2.35. The van der Waals surface area contributed by atoms with Crippen molar-refractivity contribution in [1.29, 1.82) is 0 Å². The van der Waals surface area contributed by atoms with E-state index in [1.54, 1.807) is 33.1 Å². The van der Waals surface area contributed by atoms with Crippen LogP contribution in [0.4, 0.5) is 4.39 Å². The standard InChI is InChI=1S/C30H42FN3O5S/c1-20-16-27(38-5)17-21(2)30(20)40(36,37)34-15-14-26(18-34)39-19-28(35)32-25-12-8-23(9-13-25)29(33(3)4)22-6-10-24(31)11-7-22/h6-7,10-11,16-17,23,25-26,29H,8-9,12-15,18-19H2,1-5H3,(H,32,35). The Kier molecular flexibility index (Phi) is 9.87. The van der Waals surface area contributed by atoms with Crippen molar-refractivity contribution in [3.8, 4) is 5.75 Å². The molecule has 4 rings (SSSR count). The highest BCUT2D eigenvalue weighted by atomic mass is 32.2. The summed E-state index contributed by atoms with van der Waals surface area (Å²) in [6.45, 7) is 4.03. The SMILES string of the molecule is COc1cc(C)c(S(=O)(=O)N2CCC(OCC(=O)NC3CCC(C(c4ccc(F)cc4)N(C)C)CC3)C2)c(C)c1. The van der Waals surface area contributed by atoms with Crippen LogP contribution in [0.5, 0.6) is 5.75 Å². The third-order valence-corrected chi connectivity index (χ3v) is 10.3. The van der Waals surface area contributed by atoms with Gasteiger partial charge in [0, 0.05) is 25.2 Å². The first-order chi connectivity index (χ1) is 19.0. The van der Waals surface area contributed by atoms with E-state index < -0.39 is 10.0 Å². The predicted octanol–water partition coefficient (Wildman–Crippen LogP) is 4.21. The molecule has 2 unspecified atom stereocenters. The smallest absolute Gasteiger partial charge is 0.246 e. The van der Waals surface area contributed by atoms with Gasteiger partial charge in [0.05, 0.1) is 18.1 Å². The number of carbonyl (C=O) groups excluding carboxylic acids is 1.